The maximum atomic E-state index is 12.6. The highest BCUT2D eigenvalue weighted by Crippen LogP contribution is 2.34. The quantitative estimate of drug-likeness (QED) is 0.806. The first-order valence-electron chi connectivity index (χ1n) is 6.24. The van der Waals surface area contributed by atoms with Crippen molar-refractivity contribution >= 4 is 22.8 Å². The molecule has 0 radical (unpaired) electrons. The average molecular weight is 309 g/mol. The SMILES string of the molecule is Cc1nn(C)c2c1nc(C(C)Cl)n2C(C)CC(F)(F)F. The lowest BCUT2D eigenvalue weighted by Gasteiger charge is -2.20. The highest BCUT2D eigenvalue weighted by atomic mass is 35.5. The summed E-state index contributed by atoms with van der Waals surface area (Å²) in [6, 6.07) is -0.786. The molecule has 0 spiro atoms. The second kappa shape index (κ2) is 4.95. The number of halogens is 4. The van der Waals surface area contributed by atoms with E-state index in [1.54, 1.807) is 30.1 Å². The zero-order valence-corrected chi connectivity index (χ0v) is 12.4. The molecule has 112 valence electrons. The van der Waals surface area contributed by atoms with Crippen LogP contribution < -0.4 is 0 Å². The number of fused-ring (bicyclic) bond motifs is 1. The molecule has 0 saturated carbocycles. The number of hydrogen-bond acceptors (Lipinski definition) is 2. The third-order valence-electron chi connectivity index (χ3n) is 3.19. The number of rotatable bonds is 3. The standard InChI is InChI=1S/C12H16ClF3N4/c1-6(5-12(14,15)16)20-10(7(2)13)17-9-8(3)18-19(4)11(9)20/h6-7H,5H2,1-4H3. The summed E-state index contributed by atoms with van der Waals surface area (Å²) in [5.41, 5.74) is 1.85. The Bertz CT molecular complexity index is 627. The van der Waals surface area contributed by atoms with E-state index in [0.29, 0.717) is 22.7 Å². The number of nitrogens with zero attached hydrogens (tertiary/aromatic N) is 4. The Hall–Kier alpha value is -1.24. The summed E-state index contributed by atoms with van der Waals surface area (Å²) in [5.74, 6) is 0.439. The molecule has 2 rings (SSSR count). The molecule has 20 heavy (non-hydrogen) atoms. The van der Waals surface area contributed by atoms with E-state index in [0.717, 1.165) is 0 Å². The fourth-order valence-corrected chi connectivity index (χ4v) is 2.61. The van der Waals surface area contributed by atoms with E-state index >= 15 is 0 Å². The monoisotopic (exact) mass is 308 g/mol. The molecule has 2 unspecified atom stereocenters. The Balaban J connectivity index is 2.62. The van der Waals surface area contributed by atoms with Gasteiger partial charge in [-0.2, -0.15) is 18.3 Å². The van der Waals surface area contributed by atoms with E-state index in [4.69, 9.17) is 11.6 Å². The summed E-state index contributed by atoms with van der Waals surface area (Å²) < 4.78 is 41.0. The van der Waals surface area contributed by atoms with Gasteiger partial charge in [0.15, 0.2) is 5.65 Å². The van der Waals surface area contributed by atoms with Crippen LogP contribution >= 0.6 is 11.6 Å². The predicted octanol–water partition coefficient (Wildman–Crippen LogP) is 3.89. The molecule has 0 aromatic carbocycles. The van der Waals surface area contributed by atoms with Crippen LogP contribution in [-0.2, 0) is 7.05 Å². The number of alkyl halides is 4. The van der Waals surface area contributed by atoms with E-state index in [1.807, 2.05) is 0 Å². The lowest BCUT2D eigenvalue weighted by atomic mass is 10.2. The zero-order valence-electron chi connectivity index (χ0n) is 11.7. The Labute approximate surface area is 119 Å². The topological polar surface area (TPSA) is 35.6 Å². The second-order valence-corrected chi connectivity index (χ2v) is 5.66. The van der Waals surface area contributed by atoms with Crippen LogP contribution in [0.5, 0.6) is 0 Å². The van der Waals surface area contributed by atoms with E-state index in [-0.39, 0.29) is 0 Å². The van der Waals surface area contributed by atoms with Gasteiger partial charge in [0, 0.05) is 13.1 Å². The van der Waals surface area contributed by atoms with Gasteiger partial charge in [0.2, 0.25) is 0 Å². The van der Waals surface area contributed by atoms with Gasteiger partial charge >= 0.3 is 6.18 Å². The van der Waals surface area contributed by atoms with Crippen LogP contribution in [0.2, 0.25) is 0 Å². The molecule has 8 heteroatoms. The molecule has 0 fully saturated rings. The van der Waals surface area contributed by atoms with Crippen molar-refractivity contribution in [1.29, 1.82) is 0 Å². The molecule has 4 nitrogen and oxygen atoms in total. The summed E-state index contributed by atoms with van der Waals surface area (Å²) in [6.45, 7) is 4.98. The van der Waals surface area contributed by atoms with Crippen LogP contribution in [0.15, 0.2) is 0 Å². The van der Waals surface area contributed by atoms with Crippen molar-refractivity contribution in [2.45, 2.75) is 44.8 Å². The van der Waals surface area contributed by atoms with Crippen LogP contribution in [-0.4, -0.2) is 25.5 Å². The molecule has 2 heterocycles. The minimum absolute atomic E-state index is 0.439. The van der Waals surface area contributed by atoms with Crippen molar-refractivity contribution in [3.05, 3.63) is 11.5 Å². The maximum Gasteiger partial charge on any atom is 0.391 e. The van der Waals surface area contributed by atoms with Crippen molar-refractivity contribution in [2.75, 3.05) is 0 Å². The molecule has 0 aliphatic carbocycles. The first-order valence-corrected chi connectivity index (χ1v) is 6.67. The van der Waals surface area contributed by atoms with Crippen molar-refractivity contribution in [3.63, 3.8) is 0 Å². The summed E-state index contributed by atoms with van der Waals surface area (Å²) in [5, 5.41) is 3.72. The number of hydrogen-bond donors (Lipinski definition) is 0. The number of imidazole rings is 1. The molecule has 2 atom stereocenters. The van der Waals surface area contributed by atoms with Gasteiger partial charge in [0.1, 0.15) is 11.3 Å². The van der Waals surface area contributed by atoms with Gasteiger partial charge in [-0.05, 0) is 20.8 Å². The van der Waals surface area contributed by atoms with Crippen molar-refractivity contribution in [2.24, 2.45) is 7.05 Å². The molecule has 0 aliphatic heterocycles. The molecule has 0 saturated heterocycles. The average Bonchev–Trinajstić information content (AvgIpc) is 2.76. The van der Waals surface area contributed by atoms with Gasteiger partial charge in [-0.25, -0.2) is 4.98 Å². The molecule has 2 aromatic heterocycles. The van der Waals surface area contributed by atoms with E-state index in [2.05, 4.69) is 10.1 Å². The summed E-state index contributed by atoms with van der Waals surface area (Å²) >= 11 is 6.06. The van der Waals surface area contributed by atoms with E-state index < -0.39 is 24.0 Å². The van der Waals surface area contributed by atoms with Crippen LogP contribution in [0.3, 0.4) is 0 Å². The zero-order chi connectivity index (χ0) is 15.2. The highest BCUT2D eigenvalue weighted by molar-refractivity contribution is 6.20. The van der Waals surface area contributed by atoms with Crippen LogP contribution in [0.25, 0.3) is 11.2 Å². The van der Waals surface area contributed by atoms with Crippen molar-refractivity contribution < 1.29 is 13.2 Å². The summed E-state index contributed by atoms with van der Waals surface area (Å²) in [4.78, 5) is 4.36. The lowest BCUT2D eigenvalue weighted by Crippen LogP contribution is -2.19. The van der Waals surface area contributed by atoms with E-state index in [1.165, 1.54) is 6.92 Å². The Kier molecular flexibility index (Phi) is 3.75. The van der Waals surface area contributed by atoms with Gasteiger partial charge in [-0.15, -0.1) is 11.6 Å². The van der Waals surface area contributed by atoms with Crippen molar-refractivity contribution in [3.8, 4) is 0 Å². The number of aromatic nitrogens is 4. The normalized spacial score (nSPS) is 15.8. The molecule has 0 N–H and O–H groups in total. The van der Waals surface area contributed by atoms with Gasteiger partial charge in [0.05, 0.1) is 17.5 Å². The van der Waals surface area contributed by atoms with Gasteiger partial charge in [-0.3, -0.25) is 4.68 Å². The third kappa shape index (κ3) is 2.63. The van der Waals surface area contributed by atoms with E-state index in [9.17, 15) is 13.2 Å². The predicted molar refractivity (Wildman–Crippen MR) is 70.9 cm³/mol. The highest BCUT2D eigenvalue weighted by Gasteiger charge is 2.33. The summed E-state index contributed by atoms with van der Waals surface area (Å²) in [7, 11) is 1.69. The lowest BCUT2D eigenvalue weighted by molar-refractivity contribution is -0.141. The van der Waals surface area contributed by atoms with Gasteiger partial charge < -0.3 is 4.57 Å². The van der Waals surface area contributed by atoms with Crippen LogP contribution in [0.4, 0.5) is 13.2 Å². The Morgan fingerprint density at radius 1 is 1.30 bits per heavy atom. The fraction of sp³-hybridized carbons (Fsp3) is 0.667. The second-order valence-electron chi connectivity index (χ2n) is 5.01. The third-order valence-corrected chi connectivity index (χ3v) is 3.38. The van der Waals surface area contributed by atoms with Crippen LogP contribution in [0.1, 0.15) is 43.2 Å². The summed E-state index contributed by atoms with van der Waals surface area (Å²) in [6.07, 6.45) is -5.17. The van der Waals surface area contributed by atoms with Crippen molar-refractivity contribution in [1.82, 2.24) is 19.3 Å². The largest absolute Gasteiger partial charge is 0.391 e. The van der Waals surface area contributed by atoms with Gasteiger partial charge in [-0.1, -0.05) is 0 Å². The molecule has 0 aliphatic rings. The fourth-order valence-electron chi connectivity index (χ4n) is 2.45. The first kappa shape index (κ1) is 15.2. The Morgan fingerprint density at radius 2 is 1.90 bits per heavy atom. The molecule has 2 aromatic rings. The number of aryl methyl sites for hydroxylation is 2. The first-order chi connectivity index (χ1) is 9.11. The molecule has 0 bridgehead atoms. The molecule has 0 amide bonds. The van der Waals surface area contributed by atoms with Gasteiger partial charge in [0.25, 0.3) is 0 Å². The Morgan fingerprint density at radius 3 is 2.40 bits per heavy atom. The smallest absolute Gasteiger partial charge is 0.308 e. The molecular formula is C12H16ClF3N4. The minimum atomic E-state index is -4.24. The van der Waals surface area contributed by atoms with Crippen LogP contribution in [0, 0.1) is 6.92 Å². The minimum Gasteiger partial charge on any atom is -0.308 e. The molecular weight excluding hydrogens is 293 g/mol. The maximum absolute atomic E-state index is 12.6.